The van der Waals surface area contributed by atoms with Crippen LogP contribution in [0.4, 0.5) is 5.82 Å². The number of anilines is 1. The van der Waals surface area contributed by atoms with Crippen LogP contribution in [0.3, 0.4) is 0 Å². The molecule has 1 aromatic heterocycles. The van der Waals surface area contributed by atoms with Gasteiger partial charge in [0.25, 0.3) is 0 Å². The Morgan fingerprint density at radius 1 is 1.35 bits per heavy atom. The molecule has 0 aliphatic carbocycles. The van der Waals surface area contributed by atoms with Gasteiger partial charge in [-0.05, 0) is 26.3 Å². The number of hydrogen-bond acceptors (Lipinski definition) is 4. The lowest BCUT2D eigenvalue weighted by Gasteiger charge is -2.14. The third kappa shape index (κ3) is 2.91. The molecule has 0 amide bonds. The summed E-state index contributed by atoms with van der Waals surface area (Å²) in [6, 6.07) is 8.48. The highest BCUT2D eigenvalue weighted by Gasteiger charge is 2.06. The van der Waals surface area contributed by atoms with Crippen molar-refractivity contribution in [3.63, 3.8) is 0 Å². The maximum absolute atomic E-state index is 5.50. The van der Waals surface area contributed by atoms with Crippen LogP contribution in [-0.2, 0) is 0 Å². The molecule has 3 N–H and O–H groups in total. The molecule has 4 heteroatoms. The average molecular weight is 230 g/mol. The normalized spacial score (nSPS) is 12.6. The Hall–Kier alpha value is -1.68. The molecule has 0 saturated heterocycles. The second-order valence-electron chi connectivity index (χ2n) is 4.26. The SMILES string of the molecule is CC(CCCN)Nc1nncc2ccccc12. The lowest BCUT2D eigenvalue weighted by Crippen LogP contribution is -2.18. The van der Waals surface area contributed by atoms with E-state index < -0.39 is 0 Å². The highest BCUT2D eigenvalue weighted by molar-refractivity contribution is 5.90. The molecule has 1 atom stereocenters. The largest absolute Gasteiger partial charge is 0.366 e. The minimum atomic E-state index is 0.360. The first-order chi connectivity index (χ1) is 8.31. The summed E-state index contributed by atoms with van der Waals surface area (Å²) in [5.74, 6) is 0.854. The molecule has 1 heterocycles. The number of hydrogen-bond donors (Lipinski definition) is 2. The summed E-state index contributed by atoms with van der Waals surface area (Å²) in [7, 11) is 0. The summed E-state index contributed by atoms with van der Waals surface area (Å²) in [5, 5.41) is 13.8. The van der Waals surface area contributed by atoms with E-state index in [1.54, 1.807) is 6.20 Å². The molecule has 0 radical (unpaired) electrons. The Balaban J connectivity index is 2.18. The van der Waals surface area contributed by atoms with Gasteiger partial charge in [-0.25, -0.2) is 0 Å². The Bertz CT molecular complexity index is 478. The summed E-state index contributed by atoms with van der Waals surface area (Å²) in [6.45, 7) is 2.87. The fourth-order valence-corrected chi connectivity index (χ4v) is 1.86. The van der Waals surface area contributed by atoms with Crippen LogP contribution in [0.2, 0.25) is 0 Å². The zero-order valence-corrected chi connectivity index (χ0v) is 10.1. The topological polar surface area (TPSA) is 63.8 Å². The van der Waals surface area contributed by atoms with Gasteiger partial charge in [0.15, 0.2) is 5.82 Å². The minimum absolute atomic E-state index is 0.360. The van der Waals surface area contributed by atoms with E-state index in [4.69, 9.17) is 5.73 Å². The molecule has 90 valence electrons. The lowest BCUT2D eigenvalue weighted by molar-refractivity contribution is 0.660. The average Bonchev–Trinajstić information content (AvgIpc) is 2.37. The van der Waals surface area contributed by atoms with Crippen LogP contribution in [0, 0.1) is 0 Å². The van der Waals surface area contributed by atoms with E-state index in [1.165, 1.54) is 0 Å². The monoisotopic (exact) mass is 230 g/mol. The molecule has 2 aromatic rings. The fraction of sp³-hybridized carbons (Fsp3) is 0.385. The van der Waals surface area contributed by atoms with E-state index >= 15 is 0 Å². The van der Waals surface area contributed by atoms with E-state index in [0.29, 0.717) is 6.04 Å². The van der Waals surface area contributed by atoms with Crippen LogP contribution >= 0.6 is 0 Å². The van der Waals surface area contributed by atoms with Gasteiger partial charge in [0, 0.05) is 16.8 Å². The van der Waals surface area contributed by atoms with E-state index in [2.05, 4.69) is 28.5 Å². The Kier molecular flexibility index (Phi) is 3.88. The smallest absolute Gasteiger partial charge is 0.156 e. The minimum Gasteiger partial charge on any atom is -0.366 e. The second-order valence-corrected chi connectivity index (χ2v) is 4.26. The number of fused-ring (bicyclic) bond motifs is 1. The molecule has 2 rings (SSSR count). The van der Waals surface area contributed by atoms with Gasteiger partial charge in [-0.1, -0.05) is 24.3 Å². The third-order valence-corrected chi connectivity index (χ3v) is 2.79. The highest BCUT2D eigenvalue weighted by atomic mass is 15.2. The van der Waals surface area contributed by atoms with Crippen LogP contribution in [-0.4, -0.2) is 22.8 Å². The van der Waals surface area contributed by atoms with Gasteiger partial charge < -0.3 is 11.1 Å². The van der Waals surface area contributed by atoms with Gasteiger partial charge in [0.1, 0.15) is 0 Å². The van der Waals surface area contributed by atoms with Crippen molar-refractivity contribution >= 4 is 16.6 Å². The van der Waals surface area contributed by atoms with Gasteiger partial charge in [0.05, 0.1) is 6.20 Å². The van der Waals surface area contributed by atoms with Gasteiger partial charge in [-0.15, -0.1) is 5.10 Å². The number of nitrogens with two attached hydrogens (primary N) is 1. The highest BCUT2D eigenvalue weighted by Crippen LogP contribution is 2.20. The molecule has 1 unspecified atom stereocenters. The van der Waals surface area contributed by atoms with Crippen molar-refractivity contribution < 1.29 is 0 Å². The quantitative estimate of drug-likeness (QED) is 0.826. The number of aromatic nitrogens is 2. The first-order valence-corrected chi connectivity index (χ1v) is 5.98. The van der Waals surface area contributed by atoms with Crippen LogP contribution in [0.1, 0.15) is 19.8 Å². The molecular weight excluding hydrogens is 212 g/mol. The summed E-state index contributed by atoms with van der Waals surface area (Å²) < 4.78 is 0. The molecule has 0 spiro atoms. The molecule has 4 nitrogen and oxygen atoms in total. The maximum atomic E-state index is 5.50. The predicted octanol–water partition coefficient (Wildman–Crippen LogP) is 2.17. The maximum Gasteiger partial charge on any atom is 0.156 e. The Morgan fingerprint density at radius 2 is 2.18 bits per heavy atom. The van der Waals surface area contributed by atoms with Crippen molar-refractivity contribution in [3.05, 3.63) is 30.5 Å². The van der Waals surface area contributed by atoms with Crippen LogP contribution in [0.15, 0.2) is 30.5 Å². The summed E-state index contributed by atoms with van der Waals surface area (Å²) in [5.41, 5.74) is 5.50. The molecule has 0 fully saturated rings. The predicted molar refractivity (Wildman–Crippen MR) is 70.9 cm³/mol. The number of nitrogens with zero attached hydrogens (tertiary/aromatic N) is 2. The van der Waals surface area contributed by atoms with Crippen molar-refractivity contribution in [1.29, 1.82) is 0 Å². The fourth-order valence-electron chi connectivity index (χ4n) is 1.86. The lowest BCUT2D eigenvalue weighted by atomic mass is 10.1. The van der Waals surface area contributed by atoms with Gasteiger partial charge in [-0.3, -0.25) is 0 Å². The zero-order chi connectivity index (χ0) is 12.1. The van der Waals surface area contributed by atoms with Crippen molar-refractivity contribution in [3.8, 4) is 0 Å². The molecule has 0 aliphatic rings. The van der Waals surface area contributed by atoms with E-state index in [0.717, 1.165) is 36.0 Å². The molecule has 0 aliphatic heterocycles. The Labute approximate surface area is 101 Å². The Morgan fingerprint density at radius 3 is 3.00 bits per heavy atom. The summed E-state index contributed by atoms with van der Waals surface area (Å²) in [6.07, 6.45) is 3.85. The summed E-state index contributed by atoms with van der Waals surface area (Å²) >= 11 is 0. The standard InChI is InChI=1S/C13H18N4/c1-10(5-4-8-14)16-13-12-7-3-2-6-11(12)9-15-17-13/h2-3,6-7,9-10H,4-5,8,14H2,1H3,(H,16,17). The van der Waals surface area contributed by atoms with Gasteiger partial charge in [-0.2, -0.15) is 5.10 Å². The van der Waals surface area contributed by atoms with Crippen molar-refractivity contribution in [2.75, 3.05) is 11.9 Å². The van der Waals surface area contributed by atoms with E-state index in [1.807, 2.05) is 18.2 Å². The number of nitrogens with one attached hydrogen (secondary N) is 1. The molecule has 1 aromatic carbocycles. The van der Waals surface area contributed by atoms with E-state index in [9.17, 15) is 0 Å². The van der Waals surface area contributed by atoms with Crippen molar-refractivity contribution in [1.82, 2.24) is 10.2 Å². The van der Waals surface area contributed by atoms with Crippen LogP contribution in [0.25, 0.3) is 10.8 Å². The van der Waals surface area contributed by atoms with Gasteiger partial charge >= 0.3 is 0 Å². The molecule has 0 bridgehead atoms. The van der Waals surface area contributed by atoms with Crippen molar-refractivity contribution in [2.45, 2.75) is 25.8 Å². The molecular formula is C13H18N4. The number of benzene rings is 1. The first kappa shape index (κ1) is 11.8. The van der Waals surface area contributed by atoms with Gasteiger partial charge in [0.2, 0.25) is 0 Å². The first-order valence-electron chi connectivity index (χ1n) is 5.98. The third-order valence-electron chi connectivity index (χ3n) is 2.79. The second kappa shape index (κ2) is 5.59. The zero-order valence-electron chi connectivity index (χ0n) is 10.1. The summed E-state index contributed by atoms with van der Waals surface area (Å²) in [4.78, 5) is 0. The van der Waals surface area contributed by atoms with E-state index in [-0.39, 0.29) is 0 Å². The number of rotatable bonds is 5. The van der Waals surface area contributed by atoms with Crippen LogP contribution < -0.4 is 11.1 Å². The molecule has 0 saturated carbocycles. The van der Waals surface area contributed by atoms with Crippen molar-refractivity contribution in [2.24, 2.45) is 5.73 Å². The van der Waals surface area contributed by atoms with Crippen LogP contribution in [0.5, 0.6) is 0 Å². The molecule has 17 heavy (non-hydrogen) atoms.